The topological polar surface area (TPSA) is 84.6 Å². The molecule has 154 valence electrons. The van der Waals surface area contributed by atoms with Gasteiger partial charge in [-0.05, 0) is 49.2 Å². The SMILES string of the molecule is CCc1nnc(N2CCC(n3c(=O)[nH]c4cccnc43)CC2)n1-c1ccc(Cl)cc1. The summed E-state index contributed by atoms with van der Waals surface area (Å²) in [5, 5.41) is 9.58. The third-order valence-electron chi connectivity index (χ3n) is 5.70. The molecule has 1 saturated heterocycles. The molecular formula is C21H22ClN7O. The first-order chi connectivity index (χ1) is 14.7. The van der Waals surface area contributed by atoms with Crippen LogP contribution in [0, 0.1) is 0 Å². The predicted octanol–water partition coefficient (Wildman–Crippen LogP) is 3.36. The Hall–Kier alpha value is -3.13. The first-order valence-corrected chi connectivity index (χ1v) is 10.5. The van der Waals surface area contributed by atoms with E-state index in [4.69, 9.17) is 11.6 Å². The summed E-state index contributed by atoms with van der Waals surface area (Å²) in [6, 6.07) is 11.5. The van der Waals surface area contributed by atoms with Gasteiger partial charge in [-0.25, -0.2) is 9.78 Å². The van der Waals surface area contributed by atoms with Gasteiger partial charge in [0.2, 0.25) is 5.95 Å². The van der Waals surface area contributed by atoms with Crippen LogP contribution in [-0.2, 0) is 6.42 Å². The maximum atomic E-state index is 12.5. The van der Waals surface area contributed by atoms with Crippen molar-refractivity contribution in [1.29, 1.82) is 0 Å². The molecule has 1 fully saturated rings. The van der Waals surface area contributed by atoms with Gasteiger partial charge in [-0.1, -0.05) is 18.5 Å². The maximum Gasteiger partial charge on any atom is 0.327 e. The number of benzene rings is 1. The fraction of sp³-hybridized carbons (Fsp3) is 0.333. The summed E-state index contributed by atoms with van der Waals surface area (Å²) in [4.78, 5) is 22.1. The number of anilines is 1. The second kappa shape index (κ2) is 7.60. The first-order valence-electron chi connectivity index (χ1n) is 10.2. The molecule has 0 radical (unpaired) electrons. The average molecular weight is 424 g/mol. The fourth-order valence-corrected chi connectivity index (χ4v) is 4.34. The Kier molecular flexibility index (Phi) is 4.78. The number of aromatic amines is 1. The molecule has 0 bridgehead atoms. The standard InChI is InChI=1S/C21H22ClN7O/c1-2-18-25-26-20(28(18)15-7-5-14(22)6-8-15)27-12-9-16(10-13-27)29-19-17(24-21(29)30)4-3-11-23-19/h3-8,11,16H,2,9-10,12-13H2,1H3,(H,24,30). The summed E-state index contributed by atoms with van der Waals surface area (Å²) in [6.07, 6.45) is 4.17. The molecule has 1 aliphatic rings. The lowest BCUT2D eigenvalue weighted by atomic mass is 10.1. The van der Waals surface area contributed by atoms with Crippen molar-refractivity contribution in [2.45, 2.75) is 32.2 Å². The van der Waals surface area contributed by atoms with Gasteiger partial charge < -0.3 is 9.88 Å². The monoisotopic (exact) mass is 423 g/mol. The molecule has 1 aromatic carbocycles. The number of hydrogen-bond acceptors (Lipinski definition) is 5. The lowest BCUT2D eigenvalue weighted by molar-refractivity contribution is 0.391. The molecule has 3 aromatic heterocycles. The van der Waals surface area contributed by atoms with Gasteiger partial charge in [-0.15, -0.1) is 10.2 Å². The van der Waals surface area contributed by atoms with Crippen molar-refractivity contribution in [3.63, 3.8) is 0 Å². The van der Waals surface area contributed by atoms with E-state index in [2.05, 4.69) is 36.6 Å². The summed E-state index contributed by atoms with van der Waals surface area (Å²) >= 11 is 6.07. The Morgan fingerprint density at radius 3 is 2.63 bits per heavy atom. The molecule has 4 heterocycles. The van der Waals surface area contributed by atoms with E-state index in [1.165, 1.54) is 0 Å². The van der Waals surface area contributed by atoms with Crippen LogP contribution in [0.5, 0.6) is 0 Å². The van der Waals surface area contributed by atoms with E-state index in [-0.39, 0.29) is 11.7 Å². The predicted molar refractivity (Wildman–Crippen MR) is 117 cm³/mol. The van der Waals surface area contributed by atoms with Gasteiger partial charge in [-0.3, -0.25) is 9.13 Å². The fourth-order valence-electron chi connectivity index (χ4n) is 4.22. The summed E-state index contributed by atoms with van der Waals surface area (Å²) < 4.78 is 3.89. The molecule has 0 saturated carbocycles. The number of nitrogens with zero attached hydrogens (tertiary/aromatic N) is 6. The molecule has 1 aliphatic heterocycles. The Labute approximate surface area is 178 Å². The van der Waals surface area contributed by atoms with E-state index in [0.29, 0.717) is 5.02 Å². The van der Waals surface area contributed by atoms with Gasteiger partial charge in [0.05, 0.1) is 11.2 Å². The number of pyridine rings is 1. The smallest absolute Gasteiger partial charge is 0.327 e. The van der Waals surface area contributed by atoms with Gasteiger partial charge in [0.1, 0.15) is 5.82 Å². The van der Waals surface area contributed by atoms with Gasteiger partial charge in [0, 0.05) is 36.8 Å². The molecule has 4 aromatic rings. The normalized spacial score (nSPS) is 15.2. The van der Waals surface area contributed by atoms with Crippen molar-refractivity contribution < 1.29 is 0 Å². The number of aryl methyl sites for hydroxylation is 1. The average Bonchev–Trinajstić information content (AvgIpc) is 3.34. The second-order valence-electron chi connectivity index (χ2n) is 7.47. The lowest BCUT2D eigenvalue weighted by Gasteiger charge is -2.33. The number of aromatic nitrogens is 6. The van der Waals surface area contributed by atoms with E-state index in [1.54, 1.807) is 10.8 Å². The number of rotatable bonds is 4. The highest BCUT2D eigenvalue weighted by Gasteiger charge is 2.27. The molecule has 0 unspecified atom stereocenters. The highest BCUT2D eigenvalue weighted by atomic mass is 35.5. The highest BCUT2D eigenvalue weighted by molar-refractivity contribution is 6.30. The third kappa shape index (κ3) is 3.17. The zero-order valence-corrected chi connectivity index (χ0v) is 17.4. The van der Waals surface area contributed by atoms with E-state index >= 15 is 0 Å². The zero-order valence-electron chi connectivity index (χ0n) is 16.6. The molecule has 0 amide bonds. The molecule has 30 heavy (non-hydrogen) atoms. The number of halogens is 1. The van der Waals surface area contributed by atoms with E-state index in [0.717, 1.165) is 61.0 Å². The number of nitrogens with one attached hydrogen (secondary N) is 1. The quantitative estimate of drug-likeness (QED) is 0.544. The van der Waals surface area contributed by atoms with Crippen molar-refractivity contribution >= 4 is 28.7 Å². The molecule has 0 atom stereocenters. The van der Waals surface area contributed by atoms with Crippen LogP contribution in [0.1, 0.15) is 31.6 Å². The van der Waals surface area contributed by atoms with Crippen LogP contribution < -0.4 is 10.6 Å². The molecule has 0 aliphatic carbocycles. The van der Waals surface area contributed by atoms with Crippen molar-refractivity contribution in [3.8, 4) is 5.69 Å². The van der Waals surface area contributed by atoms with Crippen LogP contribution in [-0.4, -0.2) is 42.4 Å². The zero-order chi connectivity index (χ0) is 20.7. The maximum absolute atomic E-state index is 12.5. The summed E-state index contributed by atoms with van der Waals surface area (Å²) in [7, 11) is 0. The van der Waals surface area contributed by atoms with Crippen LogP contribution in [0.3, 0.4) is 0 Å². The van der Waals surface area contributed by atoms with Gasteiger partial charge >= 0.3 is 5.69 Å². The minimum absolute atomic E-state index is 0.0975. The molecule has 1 N–H and O–H groups in total. The minimum Gasteiger partial charge on any atom is -0.340 e. The second-order valence-corrected chi connectivity index (χ2v) is 7.91. The summed E-state index contributed by atoms with van der Waals surface area (Å²) in [5.74, 6) is 1.74. The van der Waals surface area contributed by atoms with Crippen LogP contribution in [0.25, 0.3) is 16.9 Å². The van der Waals surface area contributed by atoms with Crippen molar-refractivity contribution in [2.75, 3.05) is 18.0 Å². The molecule has 9 heteroatoms. The van der Waals surface area contributed by atoms with Crippen LogP contribution >= 0.6 is 11.6 Å². The van der Waals surface area contributed by atoms with E-state index in [9.17, 15) is 4.79 Å². The number of fused-ring (bicyclic) bond motifs is 1. The van der Waals surface area contributed by atoms with Crippen molar-refractivity contribution in [2.24, 2.45) is 0 Å². The Bertz CT molecular complexity index is 1230. The van der Waals surface area contributed by atoms with Gasteiger partial charge in [0.15, 0.2) is 5.65 Å². The van der Waals surface area contributed by atoms with E-state index < -0.39 is 0 Å². The summed E-state index contributed by atoms with van der Waals surface area (Å²) in [5.41, 5.74) is 2.40. The van der Waals surface area contributed by atoms with Crippen molar-refractivity contribution in [3.05, 3.63) is 63.9 Å². The van der Waals surface area contributed by atoms with Gasteiger partial charge in [-0.2, -0.15) is 0 Å². The Morgan fingerprint density at radius 2 is 1.90 bits per heavy atom. The number of piperidine rings is 1. The lowest BCUT2D eigenvalue weighted by Crippen LogP contribution is -2.38. The largest absolute Gasteiger partial charge is 0.340 e. The highest BCUT2D eigenvalue weighted by Crippen LogP contribution is 2.29. The van der Waals surface area contributed by atoms with Crippen LogP contribution in [0.2, 0.25) is 5.02 Å². The number of imidazole rings is 1. The minimum atomic E-state index is -0.0975. The third-order valence-corrected chi connectivity index (χ3v) is 5.95. The molecule has 0 spiro atoms. The molecule has 5 rings (SSSR count). The summed E-state index contributed by atoms with van der Waals surface area (Å²) in [6.45, 7) is 3.64. The van der Waals surface area contributed by atoms with Crippen LogP contribution in [0.15, 0.2) is 47.4 Å². The van der Waals surface area contributed by atoms with Crippen molar-refractivity contribution in [1.82, 2.24) is 29.3 Å². The Morgan fingerprint density at radius 1 is 1.13 bits per heavy atom. The number of H-pyrrole nitrogens is 1. The first kappa shape index (κ1) is 18.9. The van der Waals surface area contributed by atoms with Crippen LogP contribution in [0.4, 0.5) is 5.95 Å². The van der Waals surface area contributed by atoms with Gasteiger partial charge in [0.25, 0.3) is 0 Å². The molecule has 8 nitrogen and oxygen atoms in total. The Balaban J connectivity index is 1.42. The number of hydrogen-bond donors (Lipinski definition) is 1. The molecular weight excluding hydrogens is 402 g/mol. The van der Waals surface area contributed by atoms with E-state index in [1.807, 2.05) is 36.4 Å².